The fraction of sp³-hybridized carbons (Fsp3) is 0.143. The van der Waals surface area contributed by atoms with Crippen LogP contribution in [0, 0.1) is 5.82 Å². The number of hydrazone groups is 1. The van der Waals surface area contributed by atoms with Gasteiger partial charge in [0.1, 0.15) is 12.4 Å². The number of halogens is 1. The van der Waals surface area contributed by atoms with E-state index in [1.807, 2.05) is 17.5 Å². The molecule has 2 rings (SSSR count). The highest BCUT2D eigenvalue weighted by Gasteiger charge is 2.23. The van der Waals surface area contributed by atoms with Crippen molar-refractivity contribution in [2.75, 3.05) is 17.1 Å². The molecule has 6 nitrogen and oxygen atoms in total. The van der Waals surface area contributed by atoms with Crippen molar-refractivity contribution >= 4 is 39.2 Å². The molecule has 9 heteroatoms. The minimum atomic E-state index is -3.82. The van der Waals surface area contributed by atoms with Crippen molar-refractivity contribution in [3.63, 3.8) is 0 Å². The predicted octanol–water partition coefficient (Wildman–Crippen LogP) is 1.80. The highest BCUT2D eigenvalue weighted by atomic mass is 32.2. The van der Waals surface area contributed by atoms with Crippen LogP contribution in [0.4, 0.5) is 10.1 Å². The van der Waals surface area contributed by atoms with Crippen LogP contribution in [0.3, 0.4) is 0 Å². The molecule has 0 saturated heterocycles. The first-order valence-corrected chi connectivity index (χ1v) is 9.18. The van der Waals surface area contributed by atoms with Crippen molar-refractivity contribution in [2.24, 2.45) is 5.10 Å². The molecule has 0 fully saturated rings. The topological polar surface area (TPSA) is 78.8 Å². The number of carbonyl (C=O) groups is 1. The second-order valence-electron chi connectivity index (χ2n) is 4.53. The highest BCUT2D eigenvalue weighted by Crippen LogP contribution is 2.20. The van der Waals surface area contributed by atoms with Crippen molar-refractivity contribution in [3.05, 3.63) is 52.5 Å². The number of nitrogens with one attached hydrogen (secondary N) is 1. The molecule has 0 unspecified atom stereocenters. The number of carbonyl (C=O) groups excluding carboxylic acids is 1. The van der Waals surface area contributed by atoms with Crippen LogP contribution < -0.4 is 9.73 Å². The Morgan fingerprint density at radius 1 is 1.35 bits per heavy atom. The Kier molecular flexibility index (Phi) is 5.45. The van der Waals surface area contributed by atoms with Gasteiger partial charge in [-0.2, -0.15) is 5.10 Å². The number of amides is 1. The zero-order valence-electron chi connectivity index (χ0n) is 12.1. The summed E-state index contributed by atoms with van der Waals surface area (Å²) in [6.07, 6.45) is 2.35. The zero-order chi connectivity index (χ0) is 16.9. The van der Waals surface area contributed by atoms with E-state index in [4.69, 9.17) is 0 Å². The van der Waals surface area contributed by atoms with Gasteiger partial charge in [-0.25, -0.2) is 18.2 Å². The van der Waals surface area contributed by atoms with Gasteiger partial charge in [-0.1, -0.05) is 18.2 Å². The lowest BCUT2D eigenvalue weighted by Crippen LogP contribution is -2.39. The number of hydrogen-bond acceptors (Lipinski definition) is 5. The molecule has 0 radical (unpaired) electrons. The molecule has 0 bridgehead atoms. The summed E-state index contributed by atoms with van der Waals surface area (Å²) in [6, 6.07) is 8.98. The lowest BCUT2D eigenvalue weighted by molar-refractivity contribution is -0.119. The maximum absolute atomic E-state index is 13.8. The number of anilines is 1. The van der Waals surface area contributed by atoms with Crippen LogP contribution in [0.25, 0.3) is 0 Å². The second-order valence-corrected chi connectivity index (χ2v) is 7.42. The largest absolute Gasteiger partial charge is 0.271 e. The smallest absolute Gasteiger partial charge is 0.260 e. The van der Waals surface area contributed by atoms with Crippen LogP contribution in [-0.4, -0.2) is 33.3 Å². The third-order valence-corrected chi connectivity index (χ3v) is 4.67. The Bertz CT molecular complexity index is 804. The summed E-state index contributed by atoms with van der Waals surface area (Å²) < 4.78 is 38.1. The van der Waals surface area contributed by atoms with Gasteiger partial charge in [-0.3, -0.25) is 9.10 Å². The van der Waals surface area contributed by atoms with Crippen LogP contribution in [0.15, 0.2) is 46.9 Å². The first kappa shape index (κ1) is 17.1. The van der Waals surface area contributed by atoms with Crippen LogP contribution in [0.1, 0.15) is 4.88 Å². The SMILES string of the molecule is CS(=O)(=O)N(CC(=O)N/N=C\c1cccs1)c1ccccc1F. The number of benzene rings is 1. The average molecular weight is 355 g/mol. The molecule has 1 N–H and O–H groups in total. The summed E-state index contributed by atoms with van der Waals surface area (Å²) >= 11 is 1.44. The van der Waals surface area contributed by atoms with Gasteiger partial charge in [0, 0.05) is 4.88 Å². The Hall–Kier alpha value is -2.26. The number of nitrogens with zero attached hydrogens (tertiary/aromatic N) is 2. The highest BCUT2D eigenvalue weighted by molar-refractivity contribution is 7.92. The quantitative estimate of drug-likeness (QED) is 0.634. The van der Waals surface area contributed by atoms with Gasteiger partial charge < -0.3 is 0 Å². The van der Waals surface area contributed by atoms with Crippen LogP contribution in [-0.2, 0) is 14.8 Å². The van der Waals surface area contributed by atoms with E-state index in [0.29, 0.717) is 4.31 Å². The molecule has 23 heavy (non-hydrogen) atoms. The number of para-hydroxylation sites is 1. The normalized spacial score (nSPS) is 11.6. The van der Waals surface area contributed by atoms with Crippen molar-refractivity contribution in [3.8, 4) is 0 Å². The fourth-order valence-corrected chi connectivity index (χ4v) is 3.18. The van der Waals surface area contributed by atoms with Gasteiger partial charge in [-0.05, 0) is 23.6 Å². The van der Waals surface area contributed by atoms with Gasteiger partial charge in [0.05, 0.1) is 18.2 Å². The van der Waals surface area contributed by atoms with Gasteiger partial charge in [0.2, 0.25) is 10.0 Å². The maximum Gasteiger partial charge on any atom is 0.260 e. The Morgan fingerprint density at radius 3 is 2.70 bits per heavy atom. The lowest BCUT2D eigenvalue weighted by atomic mass is 10.3. The molecule has 0 spiro atoms. The summed E-state index contributed by atoms with van der Waals surface area (Å²) in [4.78, 5) is 12.7. The zero-order valence-corrected chi connectivity index (χ0v) is 13.8. The monoisotopic (exact) mass is 355 g/mol. The van der Waals surface area contributed by atoms with Crippen LogP contribution >= 0.6 is 11.3 Å². The molecule has 1 aromatic carbocycles. The summed E-state index contributed by atoms with van der Waals surface area (Å²) in [5.41, 5.74) is 2.03. The number of rotatable bonds is 6. The molecular formula is C14H14FN3O3S2. The standard InChI is InChI=1S/C14H14FN3O3S2/c1-23(20,21)18(13-7-3-2-6-12(13)15)10-14(19)17-16-9-11-5-4-8-22-11/h2-9H,10H2,1H3,(H,17,19)/b16-9-. The van der Waals surface area contributed by atoms with E-state index in [0.717, 1.165) is 17.2 Å². The minimum absolute atomic E-state index is 0.188. The second kappa shape index (κ2) is 7.34. The Morgan fingerprint density at radius 2 is 2.09 bits per heavy atom. The van der Waals surface area contributed by atoms with Crippen molar-refractivity contribution < 1.29 is 17.6 Å². The molecule has 2 aromatic rings. The maximum atomic E-state index is 13.8. The summed E-state index contributed by atoms with van der Waals surface area (Å²) in [7, 11) is -3.82. The van der Waals surface area contributed by atoms with Gasteiger partial charge in [-0.15, -0.1) is 11.3 Å². The molecule has 0 atom stereocenters. The van der Waals surface area contributed by atoms with Gasteiger partial charge >= 0.3 is 0 Å². The molecular weight excluding hydrogens is 341 g/mol. The molecule has 122 valence electrons. The first-order chi connectivity index (χ1) is 10.9. The predicted molar refractivity (Wildman–Crippen MR) is 88.6 cm³/mol. The van der Waals surface area contributed by atoms with Crippen molar-refractivity contribution in [1.82, 2.24) is 5.43 Å². The van der Waals surface area contributed by atoms with E-state index in [1.165, 1.54) is 35.8 Å². The molecule has 0 aliphatic rings. The molecule has 1 amide bonds. The molecule has 0 aliphatic carbocycles. The number of sulfonamides is 1. The van der Waals surface area contributed by atoms with Gasteiger partial charge in [0.25, 0.3) is 5.91 Å². The van der Waals surface area contributed by atoms with Gasteiger partial charge in [0.15, 0.2) is 0 Å². The van der Waals surface area contributed by atoms with E-state index < -0.39 is 28.3 Å². The average Bonchev–Trinajstić information content (AvgIpc) is 2.98. The van der Waals surface area contributed by atoms with Crippen LogP contribution in [0.5, 0.6) is 0 Å². The molecule has 0 saturated carbocycles. The summed E-state index contributed by atoms with van der Waals surface area (Å²) in [6.45, 7) is -0.568. The summed E-state index contributed by atoms with van der Waals surface area (Å²) in [5.74, 6) is -1.40. The minimum Gasteiger partial charge on any atom is -0.271 e. The third-order valence-electron chi connectivity index (χ3n) is 2.73. The third kappa shape index (κ3) is 4.86. The number of thiophene rings is 1. The summed E-state index contributed by atoms with van der Waals surface area (Å²) in [5, 5.41) is 5.59. The van der Waals surface area contributed by atoms with E-state index in [9.17, 15) is 17.6 Å². The van der Waals surface area contributed by atoms with Crippen LogP contribution in [0.2, 0.25) is 0 Å². The number of hydrogen-bond donors (Lipinski definition) is 1. The molecule has 1 aromatic heterocycles. The van der Waals surface area contributed by atoms with E-state index in [1.54, 1.807) is 0 Å². The molecule has 0 aliphatic heterocycles. The molecule has 1 heterocycles. The van der Waals surface area contributed by atoms with Crippen molar-refractivity contribution in [2.45, 2.75) is 0 Å². The lowest BCUT2D eigenvalue weighted by Gasteiger charge is -2.21. The Labute approximate surface area is 137 Å². The van der Waals surface area contributed by atoms with Crippen molar-refractivity contribution in [1.29, 1.82) is 0 Å². The fourth-order valence-electron chi connectivity index (χ4n) is 1.73. The van der Waals surface area contributed by atoms with E-state index >= 15 is 0 Å². The van der Waals surface area contributed by atoms with E-state index in [2.05, 4.69) is 10.5 Å². The van der Waals surface area contributed by atoms with E-state index in [-0.39, 0.29) is 5.69 Å². The Balaban J connectivity index is 2.10. The first-order valence-electron chi connectivity index (χ1n) is 6.45.